The lowest BCUT2D eigenvalue weighted by atomic mass is 10.1. The van der Waals surface area contributed by atoms with E-state index >= 15 is 0 Å². The Hall–Kier alpha value is -1.26. The van der Waals surface area contributed by atoms with E-state index in [-0.39, 0.29) is 30.4 Å². The maximum Gasteiger partial charge on any atom is 0.257 e. The van der Waals surface area contributed by atoms with E-state index in [1.54, 1.807) is 4.90 Å². The Kier molecular flexibility index (Phi) is 6.67. The summed E-state index contributed by atoms with van der Waals surface area (Å²) in [6.07, 6.45) is 2.96. The van der Waals surface area contributed by atoms with E-state index in [9.17, 15) is 9.90 Å². The van der Waals surface area contributed by atoms with Crippen molar-refractivity contribution in [1.82, 2.24) is 4.90 Å². The van der Waals surface area contributed by atoms with Crippen LogP contribution < -0.4 is 0 Å². The number of nitrogens with zero attached hydrogens (tertiary/aromatic N) is 1. The fraction of sp³-hybridized carbons (Fsp3) is 0.500. The summed E-state index contributed by atoms with van der Waals surface area (Å²) < 4.78 is 0. The Morgan fingerprint density at radius 3 is 2.68 bits per heavy atom. The number of hydrogen-bond donors (Lipinski definition) is 2. The summed E-state index contributed by atoms with van der Waals surface area (Å²) in [5.41, 5.74) is 0.178. The number of phenolic OH excluding ortho intramolecular Hbond substituents is 1. The second-order valence-corrected chi connectivity index (χ2v) is 4.82. The van der Waals surface area contributed by atoms with Gasteiger partial charge in [0.15, 0.2) is 0 Å². The van der Waals surface area contributed by atoms with Crippen LogP contribution in [0.1, 0.15) is 36.5 Å². The molecular formula is C14H20ClNO3. The number of hydrogen-bond acceptors (Lipinski definition) is 3. The minimum atomic E-state index is -0.301. The second-order valence-electron chi connectivity index (χ2n) is 4.38. The molecule has 0 saturated carbocycles. The molecule has 0 aromatic heterocycles. The van der Waals surface area contributed by atoms with Gasteiger partial charge in [0.2, 0.25) is 0 Å². The minimum Gasteiger partial charge on any atom is -0.507 e. The van der Waals surface area contributed by atoms with Crippen LogP contribution in [0.2, 0.25) is 5.02 Å². The Balaban J connectivity index is 2.82. The quantitative estimate of drug-likeness (QED) is 0.757. The fourth-order valence-corrected chi connectivity index (χ4v) is 2.01. The Morgan fingerprint density at radius 2 is 2.05 bits per heavy atom. The fourth-order valence-electron chi connectivity index (χ4n) is 1.84. The summed E-state index contributed by atoms with van der Waals surface area (Å²) in [4.78, 5) is 13.8. The molecule has 0 unspecified atom stereocenters. The summed E-state index contributed by atoms with van der Waals surface area (Å²) in [5.74, 6) is -0.391. The van der Waals surface area contributed by atoms with Crippen LogP contribution in [0.15, 0.2) is 18.2 Å². The zero-order valence-electron chi connectivity index (χ0n) is 11.1. The molecule has 1 rings (SSSR count). The zero-order chi connectivity index (χ0) is 14.3. The van der Waals surface area contributed by atoms with Gasteiger partial charge in [-0.3, -0.25) is 4.79 Å². The van der Waals surface area contributed by atoms with Gasteiger partial charge in [-0.05, 0) is 24.6 Å². The van der Waals surface area contributed by atoms with Crippen molar-refractivity contribution < 1.29 is 15.0 Å². The zero-order valence-corrected chi connectivity index (χ0v) is 11.9. The van der Waals surface area contributed by atoms with Gasteiger partial charge in [0.1, 0.15) is 5.75 Å². The van der Waals surface area contributed by atoms with Crippen LogP contribution in [-0.2, 0) is 0 Å². The van der Waals surface area contributed by atoms with Crippen LogP contribution in [0, 0.1) is 0 Å². The van der Waals surface area contributed by atoms with E-state index in [1.807, 2.05) is 0 Å². The molecule has 0 bridgehead atoms. The second kappa shape index (κ2) is 8.02. The normalized spacial score (nSPS) is 10.5. The Bertz CT molecular complexity index is 423. The molecule has 0 heterocycles. The predicted octanol–water partition coefficient (Wildman–Crippen LogP) is 2.67. The number of carbonyl (C=O) groups excluding carboxylic acids is 1. The number of amides is 1. The first-order valence-electron chi connectivity index (χ1n) is 6.48. The highest BCUT2D eigenvalue weighted by Crippen LogP contribution is 2.23. The topological polar surface area (TPSA) is 60.8 Å². The van der Waals surface area contributed by atoms with Crippen LogP contribution in [-0.4, -0.2) is 40.7 Å². The summed E-state index contributed by atoms with van der Waals surface area (Å²) >= 11 is 5.84. The van der Waals surface area contributed by atoms with E-state index < -0.39 is 0 Å². The average molecular weight is 286 g/mol. The van der Waals surface area contributed by atoms with Crippen molar-refractivity contribution in [3.8, 4) is 5.75 Å². The largest absolute Gasteiger partial charge is 0.507 e. The molecule has 0 aliphatic rings. The van der Waals surface area contributed by atoms with Crippen LogP contribution in [0.25, 0.3) is 0 Å². The van der Waals surface area contributed by atoms with Gasteiger partial charge in [-0.1, -0.05) is 31.4 Å². The molecule has 0 atom stereocenters. The predicted molar refractivity (Wildman–Crippen MR) is 75.6 cm³/mol. The van der Waals surface area contributed by atoms with Gasteiger partial charge in [0.05, 0.1) is 12.2 Å². The molecular weight excluding hydrogens is 266 g/mol. The Morgan fingerprint density at radius 1 is 1.32 bits per heavy atom. The standard InChI is InChI=1S/C14H20ClNO3/c1-2-3-4-7-16(8-9-17)14(19)12-10-11(15)5-6-13(12)18/h5-6,10,17-18H,2-4,7-9H2,1H3. The smallest absolute Gasteiger partial charge is 0.257 e. The molecule has 1 aromatic carbocycles. The van der Waals surface area contributed by atoms with Gasteiger partial charge in [-0.15, -0.1) is 0 Å². The Labute approximate surface area is 118 Å². The lowest BCUT2D eigenvalue weighted by Gasteiger charge is -2.22. The minimum absolute atomic E-state index is 0.0900. The lowest BCUT2D eigenvalue weighted by Crippen LogP contribution is -2.34. The first-order valence-corrected chi connectivity index (χ1v) is 6.86. The van der Waals surface area contributed by atoms with Crippen LogP contribution in [0.5, 0.6) is 5.75 Å². The van der Waals surface area contributed by atoms with Crippen LogP contribution in [0.4, 0.5) is 0 Å². The number of benzene rings is 1. The summed E-state index contributed by atoms with van der Waals surface area (Å²) in [6.45, 7) is 2.81. The van der Waals surface area contributed by atoms with Crippen LogP contribution in [0.3, 0.4) is 0 Å². The monoisotopic (exact) mass is 285 g/mol. The van der Waals surface area contributed by atoms with Gasteiger partial charge in [-0.25, -0.2) is 0 Å². The van der Waals surface area contributed by atoms with Gasteiger partial charge < -0.3 is 15.1 Å². The molecule has 0 radical (unpaired) electrons. The molecule has 19 heavy (non-hydrogen) atoms. The SMILES string of the molecule is CCCCCN(CCO)C(=O)c1cc(Cl)ccc1O. The van der Waals surface area contributed by atoms with E-state index in [0.717, 1.165) is 19.3 Å². The molecule has 0 aliphatic carbocycles. The summed E-state index contributed by atoms with van der Waals surface area (Å²) in [7, 11) is 0. The highest BCUT2D eigenvalue weighted by atomic mass is 35.5. The molecule has 5 heteroatoms. The third-order valence-corrected chi connectivity index (χ3v) is 3.11. The van der Waals surface area contributed by atoms with Crippen molar-refractivity contribution in [3.05, 3.63) is 28.8 Å². The number of rotatable bonds is 7. The number of aliphatic hydroxyl groups excluding tert-OH is 1. The van der Waals surface area contributed by atoms with Gasteiger partial charge in [-0.2, -0.15) is 0 Å². The van der Waals surface area contributed by atoms with Gasteiger partial charge in [0, 0.05) is 18.1 Å². The van der Waals surface area contributed by atoms with E-state index in [0.29, 0.717) is 11.6 Å². The highest BCUT2D eigenvalue weighted by Gasteiger charge is 2.18. The summed E-state index contributed by atoms with van der Waals surface area (Å²) in [5, 5.41) is 19.2. The number of phenols is 1. The number of aliphatic hydroxyl groups is 1. The third kappa shape index (κ3) is 4.73. The average Bonchev–Trinajstić information content (AvgIpc) is 2.40. The van der Waals surface area contributed by atoms with Crippen molar-refractivity contribution in [3.63, 3.8) is 0 Å². The number of unbranched alkanes of at least 4 members (excludes halogenated alkanes) is 2. The molecule has 4 nitrogen and oxygen atoms in total. The van der Waals surface area contributed by atoms with E-state index in [4.69, 9.17) is 16.7 Å². The molecule has 0 saturated heterocycles. The number of carbonyl (C=O) groups is 1. The molecule has 2 N–H and O–H groups in total. The van der Waals surface area contributed by atoms with Crippen LogP contribution >= 0.6 is 11.6 Å². The molecule has 0 spiro atoms. The van der Waals surface area contributed by atoms with Crippen molar-refractivity contribution in [1.29, 1.82) is 0 Å². The molecule has 1 aromatic rings. The van der Waals surface area contributed by atoms with Crippen molar-refractivity contribution >= 4 is 17.5 Å². The highest BCUT2D eigenvalue weighted by molar-refractivity contribution is 6.31. The third-order valence-electron chi connectivity index (χ3n) is 2.88. The number of halogens is 1. The molecule has 1 amide bonds. The first kappa shape index (κ1) is 15.8. The maximum atomic E-state index is 12.3. The van der Waals surface area contributed by atoms with Crippen molar-refractivity contribution in [2.24, 2.45) is 0 Å². The first-order chi connectivity index (χ1) is 9.10. The lowest BCUT2D eigenvalue weighted by molar-refractivity contribution is 0.0715. The van der Waals surface area contributed by atoms with Crippen molar-refractivity contribution in [2.75, 3.05) is 19.7 Å². The van der Waals surface area contributed by atoms with E-state index in [2.05, 4.69) is 6.92 Å². The van der Waals surface area contributed by atoms with Gasteiger partial charge in [0.25, 0.3) is 5.91 Å². The summed E-state index contributed by atoms with van der Waals surface area (Å²) in [6, 6.07) is 4.38. The molecule has 0 aliphatic heterocycles. The maximum absolute atomic E-state index is 12.3. The van der Waals surface area contributed by atoms with E-state index in [1.165, 1.54) is 18.2 Å². The molecule has 106 valence electrons. The molecule has 0 fully saturated rings. The van der Waals surface area contributed by atoms with Crippen molar-refractivity contribution in [2.45, 2.75) is 26.2 Å². The number of aromatic hydroxyl groups is 1. The van der Waals surface area contributed by atoms with Gasteiger partial charge >= 0.3 is 0 Å².